The molecule has 2 unspecified atom stereocenters. The lowest BCUT2D eigenvalue weighted by Crippen LogP contribution is -2.07. The van der Waals surface area contributed by atoms with E-state index in [1.165, 1.54) is 0 Å². The molecule has 0 radical (unpaired) electrons. The minimum atomic E-state index is 0.281. The minimum Gasteiger partial charge on any atom is -0.396 e. The number of hydrogen-bond donors (Lipinski definition) is 2. The zero-order valence-electron chi connectivity index (χ0n) is 7.58. The Hall–Kier alpha value is -0.0800. The zero-order chi connectivity index (χ0) is 8.69. The Labute approximate surface area is 69.2 Å². The molecule has 11 heavy (non-hydrogen) atoms. The lowest BCUT2D eigenvalue weighted by Gasteiger charge is -2.14. The van der Waals surface area contributed by atoms with E-state index in [-0.39, 0.29) is 13.2 Å². The zero-order valence-corrected chi connectivity index (χ0v) is 7.58. The van der Waals surface area contributed by atoms with Gasteiger partial charge in [0.25, 0.3) is 0 Å². The smallest absolute Gasteiger partial charge is 0.0456 e. The summed E-state index contributed by atoms with van der Waals surface area (Å²) in [7, 11) is 0. The van der Waals surface area contributed by atoms with Crippen molar-refractivity contribution in [1.82, 2.24) is 0 Å². The Bertz CT molecular complexity index is 83.6. The average Bonchev–Trinajstić information content (AvgIpc) is 2.00. The summed E-state index contributed by atoms with van der Waals surface area (Å²) in [5, 5.41) is 17.3. The van der Waals surface area contributed by atoms with Gasteiger partial charge in [0.2, 0.25) is 0 Å². The van der Waals surface area contributed by atoms with E-state index in [2.05, 4.69) is 13.8 Å². The van der Waals surface area contributed by atoms with Crippen LogP contribution in [0, 0.1) is 11.8 Å². The van der Waals surface area contributed by atoms with Crippen molar-refractivity contribution in [3.05, 3.63) is 0 Å². The van der Waals surface area contributed by atoms with Gasteiger partial charge in [0.15, 0.2) is 0 Å². The summed E-state index contributed by atoms with van der Waals surface area (Å²) in [5.41, 5.74) is 0. The molecule has 0 fully saturated rings. The monoisotopic (exact) mass is 160 g/mol. The molecular weight excluding hydrogens is 140 g/mol. The van der Waals surface area contributed by atoms with Gasteiger partial charge in [0.05, 0.1) is 0 Å². The van der Waals surface area contributed by atoms with Gasteiger partial charge in [0.1, 0.15) is 0 Å². The second kappa shape index (κ2) is 6.62. The largest absolute Gasteiger partial charge is 0.396 e. The second-order valence-corrected chi connectivity index (χ2v) is 3.49. The van der Waals surface area contributed by atoms with Crippen molar-refractivity contribution in [3.8, 4) is 0 Å². The van der Waals surface area contributed by atoms with E-state index in [9.17, 15) is 0 Å². The quantitative estimate of drug-likeness (QED) is 0.617. The summed E-state index contributed by atoms with van der Waals surface area (Å²) in [4.78, 5) is 0. The molecule has 0 saturated carbocycles. The molecule has 2 atom stereocenters. The normalized spacial score (nSPS) is 16.4. The van der Waals surface area contributed by atoms with Gasteiger partial charge in [-0.2, -0.15) is 0 Å². The molecule has 0 saturated heterocycles. The number of rotatable bonds is 6. The number of aliphatic hydroxyl groups is 2. The van der Waals surface area contributed by atoms with Crippen LogP contribution in [0.1, 0.15) is 33.1 Å². The van der Waals surface area contributed by atoms with Crippen molar-refractivity contribution in [2.45, 2.75) is 33.1 Å². The Morgan fingerprint density at radius 3 is 2.18 bits per heavy atom. The molecule has 0 aromatic rings. The molecule has 0 heterocycles. The van der Waals surface area contributed by atoms with Crippen molar-refractivity contribution in [1.29, 1.82) is 0 Å². The van der Waals surface area contributed by atoms with Crippen LogP contribution in [-0.4, -0.2) is 23.4 Å². The molecule has 0 spiro atoms. The molecule has 0 aromatic carbocycles. The fourth-order valence-electron chi connectivity index (χ4n) is 1.32. The molecule has 68 valence electrons. The van der Waals surface area contributed by atoms with Crippen molar-refractivity contribution < 1.29 is 10.2 Å². The predicted octanol–water partition coefficient (Wildman–Crippen LogP) is 1.41. The molecule has 0 rings (SSSR count). The van der Waals surface area contributed by atoms with Gasteiger partial charge in [-0.1, -0.05) is 13.8 Å². The van der Waals surface area contributed by atoms with Crippen molar-refractivity contribution >= 4 is 0 Å². The van der Waals surface area contributed by atoms with E-state index < -0.39 is 0 Å². The Kier molecular flexibility index (Phi) is 6.57. The molecule has 0 aliphatic rings. The molecule has 0 aromatic heterocycles. The van der Waals surface area contributed by atoms with E-state index in [1.807, 2.05) is 0 Å². The summed E-state index contributed by atoms with van der Waals surface area (Å²) >= 11 is 0. The van der Waals surface area contributed by atoms with Gasteiger partial charge < -0.3 is 10.2 Å². The van der Waals surface area contributed by atoms with Gasteiger partial charge in [-0.15, -0.1) is 0 Å². The minimum absolute atomic E-state index is 0.281. The maximum Gasteiger partial charge on any atom is 0.0456 e. The van der Waals surface area contributed by atoms with E-state index in [4.69, 9.17) is 10.2 Å². The highest BCUT2D eigenvalue weighted by Crippen LogP contribution is 2.15. The van der Waals surface area contributed by atoms with Gasteiger partial charge in [-0.3, -0.25) is 0 Å². The highest BCUT2D eigenvalue weighted by Gasteiger charge is 2.06. The molecule has 0 aliphatic heterocycles. The maximum absolute atomic E-state index is 8.76. The van der Waals surface area contributed by atoms with Crippen LogP contribution in [0.2, 0.25) is 0 Å². The van der Waals surface area contributed by atoms with E-state index in [0.717, 1.165) is 19.3 Å². The summed E-state index contributed by atoms with van der Waals surface area (Å²) in [5.74, 6) is 1.04. The van der Waals surface area contributed by atoms with E-state index in [0.29, 0.717) is 11.8 Å². The van der Waals surface area contributed by atoms with Crippen LogP contribution in [0.4, 0.5) is 0 Å². The standard InChI is InChI=1S/C9H20O2/c1-8(4-3-5-10)6-9(2)7-11/h8-11H,3-7H2,1-2H3. The van der Waals surface area contributed by atoms with E-state index >= 15 is 0 Å². The first-order valence-electron chi connectivity index (χ1n) is 4.42. The summed E-state index contributed by atoms with van der Waals surface area (Å²) in [6, 6.07) is 0. The third-order valence-corrected chi connectivity index (χ3v) is 1.97. The van der Waals surface area contributed by atoms with Crippen molar-refractivity contribution in [2.24, 2.45) is 11.8 Å². The molecule has 2 nitrogen and oxygen atoms in total. The summed E-state index contributed by atoms with van der Waals surface area (Å²) in [6.45, 7) is 4.79. The second-order valence-electron chi connectivity index (χ2n) is 3.49. The fourth-order valence-corrected chi connectivity index (χ4v) is 1.32. The molecule has 0 amide bonds. The fraction of sp³-hybridized carbons (Fsp3) is 1.00. The van der Waals surface area contributed by atoms with Crippen LogP contribution < -0.4 is 0 Å². The predicted molar refractivity (Wildman–Crippen MR) is 46.4 cm³/mol. The van der Waals surface area contributed by atoms with Crippen LogP contribution in [0.5, 0.6) is 0 Å². The SMILES string of the molecule is CC(CO)CC(C)CCCO. The Morgan fingerprint density at radius 1 is 1.09 bits per heavy atom. The van der Waals surface area contributed by atoms with Gasteiger partial charge in [-0.25, -0.2) is 0 Å². The first-order chi connectivity index (χ1) is 5.20. The van der Waals surface area contributed by atoms with Crippen molar-refractivity contribution in [2.75, 3.05) is 13.2 Å². The highest BCUT2D eigenvalue weighted by atomic mass is 16.3. The lowest BCUT2D eigenvalue weighted by molar-refractivity contribution is 0.207. The highest BCUT2D eigenvalue weighted by molar-refractivity contribution is 4.58. The Balaban J connectivity index is 3.27. The third-order valence-electron chi connectivity index (χ3n) is 1.97. The van der Waals surface area contributed by atoms with Gasteiger partial charge in [-0.05, 0) is 31.1 Å². The summed E-state index contributed by atoms with van der Waals surface area (Å²) < 4.78 is 0. The van der Waals surface area contributed by atoms with Crippen LogP contribution in [0.15, 0.2) is 0 Å². The number of aliphatic hydroxyl groups excluding tert-OH is 2. The van der Waals surface area contributed by atoms with Gasteiger partial charge >= 0.3 is 0 Å². The number of hydrogen-bond acceptors (Lipinski definition) is 2. The molecule has 2 N–H and O–H groups in total. The summed E-state index contributed by atoms with van der Waals surface area (Å²) in [6.07, 6.45) is 3.02. The van der Waals surface area contributed by atoms with Crippen LogP contribution in [0.3, 0.4) is 0 Å². The van der Waals surface area contributed by atoms with Crippen LogP contribution >= 0.6 is 0 Å². The van der Waals surface area contributed by atoms with Crippen LogP contribution in [-0.2, 0) is 0 Å². The molecule has 0 aliphatic carbocycles. The lowest BCUT2D eigenvalue weighted by atomic mass is 9.94. The van der Waals surface area contributed by atoms with Crippen molar-refractivity contribution in [3.63, 3.8) is 0 Å². The molecular formula is C9H20O2. The van der Waals surface area contributed by atoms with E-state index in [1.54, 1.807) is 0 Å². The first-order valence-corrected chi connectivity index (χ1v) is 4.42. The maximum atomic E-state index is 8.76. The van der Waals surface area contributed by atoms with Gasteiger partial charge in [0, 0.05) is 13.2 Å². The molecule has 0 bridgehead atoms. The molecule has 2 heteroatoms. The average molecular weight is 160 g/mol. The topological polar surface area (TPSA) is 40.5 Å². The third kappa shape index (κ3) is 6.32. The van der Waals surface area contributed by atoms with Crippen LogP contribution in [0.25, 0.3) is 0 Å². The Morgan fingerprint density at radius 2 is 1.73 bits per heavy atom. The first kappa shape index (κ1) is 10.9.